The number of nitrogens with zero attached hydrogens (tertiary/aromatic N) is 2. The van der Waals surface area contributed by atoms with Gasteiger partial charge in [-0.1, -0.05) is 12.1 Å². The van der Waals surface area contributed by atoms with Gasteiger partial charge >= 0.3 is 12.1 Å². The number of likely N-dealkylation sites (tertiary alicyclic amines) is 1. The van der Waals surface area contributed by atoms with Crippen molar-refractivity contribution >= 4 is 12.1 Å². The standard InChI is InChI=1S/C19H30N4O3/c1-22(2)19(25)23-12-9-16(10-13-23)14-21-18(24)20-11-8-15-4-6-17(26-3)7-5-15/h4-7,16H,8-14H2,1-3H3,(H2,20,21,24). The summed E-state index contributed by atoms with van der Waals surface area (Å²) >= 11 is 0. The van der Waals surface area contributed by atoms with Gasteiger partial charge in [0.15, 0.2) is 0 Å². The molecular formula is C19H30N4O3. The molecule has 0 spiro atoms. The van der Waals surface area contributed by atoms with E-state index >= 15 is 0 Å². The van der Waals surface area contributed by atoms with Gasteiger partial charge < -0.3 is 25.2 Å². The highest BCUT2D eigenvalue weighted by Crippen LogP contribution is 2.17. The lowest BCUT2D eigenvalue weighted by molar-refractivity contribution is 0.147. The number of hydrogen-bond donors (Lipinski definition) is 2. The van der Waals surface area contributed by atoms with Crippen LogP contribution in [-0.2, 0) is 6.42 Å². The molecule has 7 heteroatoms. The Morgan fingerprint density at radius 3 is 2.38 bits per heavy atom. The number of ether oxygens (including phenoxy) is 1. The maximum Gasteiger partial charge on any atom is 0.319 e. The summed E-state index contributed by atoms with van der Waals surface area (Å²) in [6, 6.07) is 7.77. The van der Waals surface area contributed by atoms with Crippen LogP contribution in [0.15, 0.2) is 24.3 Å². The Hall–Kier alpha value is -2.44. The number of hydrogen-bond acceptors (Lipinski definition) is 3. The van der Waals surface area contributed by atoms with E-state index in [1.807, 2.05) is 29.2 Å². The van der Waals surface area contributed by atoms with Gasteiger partial charge in [0.05, 0.1) is 7.11 Å². The molecule has 1 saturated heterocycles. The fraction of sp³-hybridized carbons (Fsp3) is 0.579. The number of rotatable bonds is 6. The lowest BCUT2D eigenvalue weighted by atomic mass is 9.97. The number of nitrogens with one attached hydrogen (secondary N) is 2. The van der Waals surface area contributed by atoms with Crippen molar-refractivity contribution in [1.29, 1.82) is 0 Å². The molecule has 0 atom stereocenters. The summed E-state index contributed by atoms with van der Waals surface area (Å²) < 4.78 is 5.13. The zero-order chi connectivity index (χ0) is 18.9. The molecule has 0 saturated carbocycles. The number of carbonyl (C=O) groups excluding carboxylic acids is 2. The van der Waals surface area contributed by atoms with Gasteiger partial charge in [-0.15, -0.1) is 0 Å². The van der Waals surface area contributed by atoms with Crippen LogP contribution in [0.2, 0.25) is 0 Å². The quantitative estimate of drug-likeness (QED) is 0.812. The predicted octanol–water partition coefficient (Wildman–Crippen LogP) is 1.93. The molecule has 0 aliphatic carbocycles. The van der Waals surface area contributed by atoms with Crippen LogP contribution in [0.25, 0.3) is 0 Å². The van der Waals surface area contributed by atoms with Crippen LogP contribution in [-0.4, -0.2) is 69.2 Å². The lowest BCUT2D eigenvalue weighted by Gasteiger charge is -2.33. The maximum absolute atomic E-state index is 11.9. The average molecular weight is 362 g/mol. The Morgan fingerprint density at radius 2 is 1.81 bits per heavy atom. The van der Waals surface area contributed by atoms with Gasteiger partial charge in [-0.05, 0) is 42.9 Å². The summed E-state index contributed by atoms with van der Waals surface area (Å²) in [5.74, 6) is 1.26. The summed E-state index contributed by atoms with van der Waals surface area (Å²) in [4.78, 5) is 27.3. The lowest BCUT2D eigenvalue weighted by Crippen LogP contribution is -2.46. The van der Waals surface area contributed by atoms with Crippen LogP contribution < -0.4 is 15.4 Å². The van der Waals surface area contributed by atoms with Crippen molar-refractivity contribution in [1.82, 2.24) is 20.4 Å². The average Bonchev–Trinajstić information content (AvgIpc) is 2.66. The van der Waals surface area contributed by atoms with E-state index in [9.17, 15) is 9.59 Å². The number of amides is 4. The summed E-state index contributed by atoms with van der Waals surface area (Å²) in [5.41, 5.74) is 1.16. The van der Waals surface area contributed by atoms with Crippen LogP contribution in [0.4, 0.5) is 9.59 Å². The second-order valence-electron chi connectivity index (χ2n) is 6.84. The zero-order valence-corrected chi connectivity index (χ0v) is 16.0. The number of benzene rings is 1. The Morgan fingerprint density at radius 1 is 1.15 bits per heavy atom. The van der Waals surface area contributed by atoms with Gasteiger partial charge in [-0.2, -0.15) is 0 Å². The fourth-order valence-corrected chi connectivity index (χ4v) is 3.02. The maximum atomic E-state index is 11.9. The first-order valence-corrected chi connectivity index (χ1v) is 9.10. The second kappa shape index (κ2) is 9.89. The highest BCUT2D eigenvalue weighted by atomic mass is 16.5. The topological polar surface area (TPSA) is 73.9 Å². The van der Waals surface area contributed by atoms with Crippen LogP contribution in [0.3, 0.4) is 0 Å². The first-order chi connectivity index (χ1) is 12.5. The number of piperidine rings is 1. The van der Waals surface area contributed by atoms with E-state index in [1.165, 1.54) is 0 Å². The minimum Gasteiger partial charge on any atom is -0.497 e. The van der Waals surface area contributed by atoms with Crippen molar-refractivity contribution in [3.05, 3.63) is 29.8 Å². The molecule has 2 rings (SSSR count). The molecular weight excluding hydrogens is 332 g/mol. The van der Waals surface area contributed by atoms with Crippen molar-refractivity contribution in [2.45, 2.75) is 19.3 Å². The third-order valence-corrected chi connectivity index (χ3v) is 4.68. The number of carbonyl (C=O) groups is 2. The van der Waals surface area contributed by atoms with Gasteiger partial charge in [0.25, 0.3) is 0 Å². The molecule has 0 aromatic heterocycles. The fourth-order valence-electron chi connectivity index (χ4n) is 3.02. The summed E-state index contributed by atoms with van der Waals surface area (Å²) in [6.07, 6.45) is 2.62. The molecule has 4 amide bonds. The van der Waals surface area contributed by atoms with Gasteiger partial charge in [0.1, 0.15) is 5.75 Å². The molecule has 1 fully saturated rings. The molecule has 1 aromatic carbocycles. The van der Waals surface area contributed by atoms with Gasteiger partial charge in [0, 0.05) is 40.3 Å². The number of methoxy groups -OCH3 is 1. The molecule has 1 aliphatic heterocycles. The molecule has 144 valence electrons. The monoisotopic (exact) mass is 362 g/mol. The van der Waals surface area contributed by atoms with Crippen molar-refractivity contribution < 1.29 is 14.3 Å². The van der Waals surface area contributed by atoms with Crippen LogP contribution in [0, 0.1) is 5.92 Å². The van der Waals surface area contributed by atoms with Crippen molar-refractivity contribution in [2.24, 2.45) is 5.92 Å². The van der Waals surface area contributed by atoms with Crippen LogP contribution in [0.5, 0.6) is 5.75 Å². The Balaban J connectivity index is 1.59. The molecule has 1 aromatic rings. The minimum atomic E-state index is -0.134. The number of urea groups is 2. The van der Waals surface area contributed by atoms with Crippen molar-refractivity contribution in [3.63, 3.8) is 0 Å². The molecule has 0 radical (unpaired) electrons. The Labute approximate surface area is 155 Å². The Bertz CT molecular complexity index is 581. The Kier molecular flexibility index (Phi) is 7.56. The van der Waals surface area contributed by atoms with Gasteiger partial charge in [0.2, 0.25) is 0 Å². The normalized spacial score (nSPS) is 14.7. The highest BCUT2D eigenvalue weighted by Gasteiger charge is 2.23. The molecule has 0 bridgehead atoms. The molecule has 2 N–H and O–H groups in total. The summed E-state index contributed by atoms with van der Waals surface area (Å²) in [7, 11) is 5.18. The molecule has 1 heterocycles. The van der Waals surface area contributed by atoms with E-state index in [1.54, 1.807) is 26.1 Å². The highest BCUT2D eigenvalue weighted by molar-refractivity contribution is 5.74. The van der Waals surface area contributed by atoms with Gasteiger partial charge in [-0.25, -0.2) is 9.59 Å². The van der Waals surface area contributed by atoms with Gasteiger partial charge in [-0.3, -0.25) is 0 Å². The largest absolute Gasteiger partial charge is 0.497 e. The minimum absolute atomic E-state index is 0.0627. The zero-order valence-electron chi connectivity index (χ0n) is 16.0. The first kappa shape index (κ1) is 19.9. The van der Waals surface area contributed by atoms with Crippen molar-refractivity contribution in [3.8, 4) is 5.75 Å². The third-order valence-electron chi connectivity index (χ3n) is 4.68. The summed E-state index contributed by atoms with van der Waals surface area (Å²) in [5, 5.41) is 5.83. The van der Waals surface area contributed by atoms with Crippen LogP contribution in [0.1, 0.15) is 18.4 Å². The smallest absolute Gasteiger partial charge is 0.319 e. The SMILES string of the molecule is COc1ccc(CCNC(=O)NCC2CCN(C(=O)N(C)C)CC2)cc1. The van der Waals surface area contributed by atoms with Crippen LogP contribution >= 0.6 is 0 Å². The predicted molar refractivity (Wildman–Crippen MR) is 101 cm³/mol. The van der Waals surface area contributed by atoms with E-state index < -0.39 is 0 Å². The first-order valence-electron chi connectivity index (χ1n) is 9.10. The molecule has 7 nitrogen and oxygen atoms in total. The van der Waals surface area contributed by atoms with E-state index in [2.05, 4.69) is 10.6 Å². The molecule has 26 heavy (non-hydrogen) atoms. The molecule has 1 aliphatic rings. The van der Waals surface area contributed by atoms with E-state index in [0.717, 1.165) is 43.7 Å². The van der Waals surface area contributed by atoms with E-state index in [4.69, 9.17) is 4.74 Å². The van der Waals surface area contributed by atoms with Crippen molar-refractivity contribution in [2.75, 3.05) is 47.4 Å². The van der Waals surface area contributed by atoms with E-state index in [-0.39, 0.29) is 12.1 Å². The summed E-state index contributed by atoms with van der Waals surface area (Å²) in [6.45, 7) is 2.75. The molecule has 0 unspecified atom stereocenters. The van der Waals surface area contributed by atoms with E-state index in [0.29, 0.717) is 19.0 Å². The third kappa shape index (κ3) is 6.13. The second-order valence-corrected chi connectivity index (χ2v) is 6.84.